The van der Waals surface area contributed by atoms with Crippen LogP contribution in [-0.4, -0.2) is 35.9 Å². The average molecular weight is 269 g/mol. The van der Waals surface area contributed by atoms with Crippen molar-refractivity contribution in [1.82, 2.24) is 4.98 Å². The Morgan fingerprint density at radius 1 is 1.67 bits per heavy atom. The fourth-order valence-electron chi connectivity index (χ4n) is 1.66. The molecule has 2 atom stereocenters. The predicted octanol–water partition coefficient (Wildman–Crippen LogP) is 0.648. The molecule has 1 saturated heterocycles. The minimum atomic E-state index is -0.748. The van der Waals surface area contributed by atoms with Crippen LogP contribution in [0.4, 0.5) is 5.13 Å². The standard InChI is InChI=1S/C11H15N3O3S/c1-6(15)7-4-18-10(13-7)14-9(16)11(2)5-17-3-8(11)12/h4,8H,3,5,12H2,1-2H3,(H,13,14,16). The van der Waals surface area contributed by atoms with Gasteiger partial charge in [-0.05, 0) is 6.92 Å². The van der Waals surface area contributed by atoms with Crippen molar-refractivity contribution in [2.24, 2.45) is 11.1 Å². The molecule has 98 valence electrons. The van der Waals surface area contributed by atoms with E-state index in [-0.39, 0.29) is 17.7 Å². The van der Waals surface area contributed by atoms with Crippen molar-refractivity contribution in [1.29, 1.82) is 0 Å². The van der Waals surface area contributed by atoms with Crippen molar-refractivity contribution in [3.05, 3.63) is 11.1 Å². The summed E-state index contributed by atoms with van der Waals surface area (Å²) < 4.78 is 5.22. The largest absolute Gasteiger partial charge is 0.379 e. The average Bonchev–Trinajstić information content (AvgIpc) is 2.88. The molecular formula is C11H15N3O3S. The van der Waals surface area contributed by atoms with E-state index in [1.807, 2.05) is 0 Å². The molecule has 0 radical (unpaired) electrons. The molecule has 0 spiro atoms. The van der Waals surface area contributed by atoms with E-state index in [0.29, 0.717) is 24.0 Å². The molecule has 0 bridgehead atoms. The van der Waals surface area contributed by atoms with Crippen molar-refractivity contribution < 1.29 is 14.3 Å². The van der Waals surface area contributed by atoms with Gasteiger partial charge >= 0.3 is 0 Å². The summed E-state index contributed by atoms with van der Waals surface area (Å²) in [5, 5.41) is 4.71. The third-order valence-electron chi connectivity index (χ3n) is 3.12. The van der Waals surface area contributed by atoms with Crippen molar-refractivity contribution in [2.75, 3.05) is 18.5 Å². The Balaban J connectivity index is 2.09. The minimum Gasteiger partial charge on any atom is -0.379 e. The van der Waals surface area contributed by atoms with Crippen molar-refractivity contribution >= 4 is 28.2 Å². The zero-order chi connectivity index (χ0) is 13.3. The van der Waals surface area contributed by atoms with E-state index in [0.717, 1.165) is 0 Å². The Morgan fingerprint density at radius 3 is 2.89 bits per heavy atom. The summed E-state index contributed by atoms with van der Waals surface area (Å²) in [6.07, 6.45) is 0. The maximum absolute atomic E-state index is 12.1. The van der Waals surface area contributed by atoms with Crippen LogP contribution in [0.5, 0.6) is 0 Å². The molecule has 2 heterocycles. The second kappa shape index (κ2) is 4.75. The summed E-state index contributed by atoms with van der Waals surface area (Å²) in [5.41, 5.74) is 5.47. The van der Waals surface area contributed by atoms with Crippen LogP contribution in [0.3, 0.4) is 0 Å². The van der Waals surface area contributed by atoms with E-state index >= 15 is 0 Å². The zero-order valence-electron chi connectivity index (χ0n) is 10.2. The number of ether oxygens (including phenoxy) is 1. The lowest BCUT2D eigenvalue weighted by atomic mass is 9.85. The van der Waals surface area contributed by atoms with Gasteiger partial charge in [0, 0.05) is 18.3 Å². The predicted molar refractivity (Wildman–Crippen MR) is 67.6 cm³/mol. The van der Waals surface area contributed by atoms with E-state index in [2.05, 4.69) is 10.3 Å². The first-order chi connectivity index (χ1) is 8.43. The molecule has 7 heteroatoms. The number of Topliss-reactive ketones (excluding diaryl/α,β-unsaturated/α-hetero) is 1. The van der Waals surface area contributed by atoms with E-state index in [1.165, 1.54) is 18.3 Å². The minimum absolute atomic E-state index is 0.126. The third-order valence-corrected chi connectivity index (χ3v) is 3.88. The van der Waals surface area contributed by atoms with Gasteiger partial charge in [-0.25, -0.2) is 4.98 Å². The zero-order valence-corrected chi connectivity index (χ0v) is 11.0. The molecule has 1 aliphatic rings. The number of aromatic nitrogens is 1. The Kier molecular flexibility index (Phi) is 3.47. The fraction of sp³-hybridized carbons (Fsp3) is 0.545. The molecule has 2 unspecified atom stereocenters. The summed E-state index contributed by atoms with van der Waals surface area (Å²) in [6, 6.07) is -0.329. The Bertz CT molecular complexity index is 488. The van der Waals surface area contributed by atoms with Gasteiger partial charge in [-0.15, -0.1) is 11.3 Å². The quantitative estimate of drug-likeness (QED) is 0.786. The number of carbonyl (C=O) groups excluding carboxylic acids is 2. The van der Waals surface area contributed by atoms with E-state index in [4.69, 9.17) is 10.5 Å². The van der Waals surface area contributed by atoms with Gasteiger partial charge < -0.3 is 15.8 Å². The molecule has 0 saturated carbocycles. The molecule has 1 amide bonds. The highest BCUT2D eigenvalue weighted by molar-refractivity contribution is 7.14. The summed E-state index contributed by atoms with van der Waals surface area (Å²) >= 11 is 1.22. The Morgan fingerprint density at radius 2 is 2.39 bits per heavy atom. The normalized spacial score (nSPS) is 27.2. The number of anilines is 1. The van der Waals surface area contributed by atoms with Crippen molar-refractivity contribution in [3.8, 4) is 0 Å². The van der Waals surface area contributed by atoms with Gasteiger partial charge in [-0.1, -0.05) is 0 Å². The molecule has 6 nitrogen and oxygen atoms in total. The third kappa shape index (κ3) is 2.29. The first-order valence-corrected chi connectivity index (χ1v) is 6.42. The SMILES string of the molecule is CC(=O)c1csc(NC(=O)C2(C)COCC2N)n1. The van der Waals surface area contributed by atoms with Gasteiger partial charge in [0.05, 0.1) is 18.6 Å². The van der Waals surface area contributed by atoms with E-state index in [1.54, 1.807) is 12.3 Å². The highest BCUT2D eigenvalue weighted by atomic mass is 32.1. The number of nitrogens with one attached hydrogen (secondary N) is 1. The lowest BCUT2D eigenvalue weighted by molar-refractivity contribution is -0.125. The maximum atomic E-state index is 12.1. The number of nitrogens with two attached hydrogens (primary N) is 1. The monoisotopic (exact) mass is 269 g/mol. The number of amides is 1. The number of nitrogens with zero attached hydrogens (tertiary/aromatic N) is 1. The number of carbonyl (C=O) groups is 2. The molecule has 2 rings (SSSR count). The number of hydrogen-bond acceptors (Lipinski definition) is 6. The van der Waals surface area contributed by atoms with Gasteiger partial charge in [0.1, 0.15) is 5.69 Å². The molecule has 1 aliphatic heterocycles. The summed E-state index contributed by atoms with van der Waals surface area (Å²) in [6.45, 7) is 3.87. The number of hydrogen-bond donors (Lipinski definition) is 2. The van der Waals surface area contributed by atoms with E-state index in [9.17, 15) is 9.59 Å². The first-order valence-electron chi connectivity index (χ1n) is 5.55. The molecule has 1 aromatic heterocycles. The first kappa shape index (κ1) is 13.1. The number of thiazole rings is 1. The van der Waals surface area contributed by atoms with Crippen molar-refractivity contribution in [2.45, 2.75) is 19.9 Å². The molecule has 3 N–H and O–H groups in total. The number of rotatable bonds is 3. The molecule has 18 heavy (non-hydrogen) atoms. The summed E-state index contributed by atoms with van der Waals surface area (Å²) in [5.74, 6) is -0.351. The van der Waals surface area contributed by atoms with Crippen LogP contribution in [0.25, 0.3) is 0 Å². The van der Waals surface area contributed by atoms with Crippen LogP contribution in [-0.2, 0) is 9.53 Å². The van der Waals surface area contributed by atoms with Gasteiger partial charge in [0.25, 0.3) is 0 Å². The van der Waals surface area contributed by atoms with Crippen LogP contribution in [0.1, 0.15) is 24.3 Å². The second-order valence-corrected chi connectivity index (χ2v) is 5.45. The van der Waals surface area contributed by atoms with Crippen LogP contribution in [0.15, 0.2) is 5.38 Å². The summed E-state index contributed by atoms with van der Waals surface area (Å²) in [4.78, 5) is 27.3. The highest BCUT2D eigenvalue weighted by Gasteiger charge is 2.44. The van der Waals surface area contributed by atoms with Crippen LogP contribution < -0.4 is 11.1 Å². The van der Waals surface area contributed by atoms with Crippen LogP contribution >= 0.6 is 11.3 Å². The smallest absolute Gasteiger partial charge is 0.236 e. The van der Waals surface area contributed by atoms with Crippen LogP contribution in [0.2, 0.25) is 0 Å². The van der Waals surface area contributed by atoms with Gasteiger partial charge in [-0.3, -0.25) is 9.59 Å². The Labute approximate surface area is 109 Å². The molecular weight excluding hydrogens is 254 g/mol. The van der Waals surface area contributed by atoms with Gasteiger partial charge in [0.15, 0.2) is 10.9 Å². The van der Waals surface area contributed by atoms with Gasteiger partial charge in [-0.2, -0.15) is 0 Å². The highest BCUT2D eigenvalue weighted by Crippen LogP contribution is 2.29. The maximum Gasteiger partial charge on any atom is 0.236 e. The molecule has 1 aromatic rings. The van der Waals surface area contributed by atoms with Crippen LogP contribution in [0, 0.1) is 5.41 Å². The Hall–Kier alpha value is -1.31. The summed E-state index contributed by atoms with van der Waals surface area (Å²) in [7, 11) is 0. The topological polar surface area (TPSA) is 94.3 Å². The molecule has 0 aliphatic carbocycles. The fourth-order valence-corrected chi connectivity index (χ4v) is 2.40. The van der Waals surface area contributed by atoms with Gasteiger partial charge in [0.2, 0.25) is 5.91 Å². The molecule has 1 fully saturated rings. The van der Waals surface area contributed by atoms with E-state index < -0.39 is 5.41 Å². The second-order valence-electron chi connectivity index (χ2n) is 4.59. The molecule has 0 aromatic carbocycles. The lowest BCUT2D eigenvalue weighted by Crippen LogP contribution is -2.47. The van der Waals surface area contributed by atoms with Crippen molar-refractivity contribution in [3.63, 3.8) is 0 Å². The lowest BCUT2D eigenvalue weighted by Gasteiger charge is -2.24. The number of ketones is 1.